The summed E-state index contributed by atoms with van der Waals surface area (Å²) in [6.07, 6.45) is 3.83. The van der Waals surface area contributed by atoms with Gasteiger partial charge in [0.25, 0.3) is 0 Å². The van der Waals surface area contributed by atoms with E-state index >= 15 is 0 Å². The second-order valence-electron chi connectivity index (χ2n) is 3.29. The van der Waals surface area contributed by atoms with E-state index in [0.717, 1.165) is 35.4 Å². The minimum absolute atomic E-state index is 0.753. The largest absolute Gasteiger partial charge is 0.385 e. The van der Waals surface area contributed by atoms with Gasteiger partial charge < -0.3 is 4.74 Å². The predicted octanol–water partition coefficient (Wildman–Crippen LogP) is 2.07. The molecule has 0 spiro atoms. The Morgan fingerprint density at radius 3 is 3.07 bits per heavy atom. The normalized spacial score (nSPS) is 11.1. The molecule has 0 bridgehead atoms. The molecule has 0 aromatic carbocycles. The minimum atomic E-state index is 0.753. The Labute approximate surface area is 96.4 Å². The Morgan fingerprint density at radius 1 is 1.40 bits per heavy atom. The topological polar surface area (TPSA) is 39.4 Å². The molecule has 15 heavy (non-hydrogen) atoms. The molecular formula is C10H12BrN3O. The monoisotopic (exact) mass is 269 g/mol. The van der Waals surface area contributed by atoms with Crippen molar-refractivity contribution in [1.29, 1.82) is 0 Å². The maximum atomic E-state index is 5.01. The van der Waals surface area contributed by atoms with Gasteiger partial charge in [-0.1, -0.05) is 0 Å². The van der Waals surface area contributed by atoms with Crippen LogP contribution in [0.5, 0.6) is 0 Å². The summed E-state index contributed by atoms with van der Waals surface area (Å²) in [6, 6.07) is 3.90. The fourth-order valence-corrected chi connectivity index (χ4v) is 1.79. The Hall–Kier alpha value is -0.940. The second kappa shape index (κ2) is 4.72. The average Bonchev–Trinajstić information content (AvgIpc) is 2.62. The first kappa shape index (κ1) is 10.6. The van der Waals surface area contributed by atoms with Crippen LogP contribution in [0.25, 0.3) is 5.65 Å². The SMILES string of the molecule is COCCCc1nnc2ccc(Br)cn12. The molecule has 2 aromatic rings. The van der Waals surface area contributed by atoms with Gasteiger partial charge in [-0.05, 0) is 34.5 Å². The van der Waals surface area contributed by atoms with Crippen molar-refractivity contribution < 1.29 is 4.74 Å². The van der Waals surface area contributed by atoms with Crippen molar-refractivity contribution in [3.05, 3.63) is 28.6 Å². The van der Waals surface area contributed by atoms with Crippen molar-refractivity contribution in [2.24, 2.45) is 0 Å². The van der Waals surface area contributed by atoms with E-state index < -0.39 is 0 Å². The summed E-state index contributed by atoms with van der Waals surface area (Å²) < 4.78 is 8.04. The highest BCUT2D eigenvalue weighted by atomic mass is 79.9. The van der Waals surface area contributed by atoms with Crippen LogP contribution in [0.2, 0.25) is 0 Å². The fourth-order valence-electron chi connectivity index (χ4n) is 1.46. The number of aromatic nitrogens is 3. The summed E-state index contributed by atoms with van der Waals surface area (Å²) in [4.78, 5) is 0. The summed E-state index contributed by atoms with van der Waals surface area (Å²) in [6.45, 7) is 0.753. The molecule has 4 nitrogen and oxygen atoms in total. The first-order valence-electron chi connectivity index (χ1n) is 4.79. The third-order valence-electron chi connectivity index (χ3n) is 2.19. The van der Waals surface area contributed by atoms with E-state index in [1.807, 2.05) is 22.7 Å². The zero-order valence-corrected chi connectivity index (χ0v) is 10.1. The van der Waals surface area contributed by atoms with E-state index in [0.29, 0.717) is 0 Å². The molecule has 0 atom stereocenters. The molecule has 0 aliphatic carbocycles. The van der Waals surface area contributed by atoms with Crippen molar-refractivity contribution in [1.82, 2.24) is 14.6 Å². The number of hydrogen-bond acceptors (Lipinski definition) is 3. The molecule has 0 amide bonds. The molecule has 0 saturated carbocycles. The van der Waals surface area contributed by atoms with Crippen molar-refractivity contribution in [2.75, 3.05) is 13.7 Å². The Bertz CT molecular complexity index is 455. The maximum absolute atomic E-state index is 5.01. The van der Waals surface area contributed by atoms with Crippen LogP contribution in [-0.4, -0.2) is 28.3 Å². The molecule has 0 radical (unpaired) electrons. The summed E-state index contributed by atoms with van der Waals surface area (Å²) in [5.41, 5.74) is 0.880. The maximum Gasteiger partial charge on any atom is 0.160 e. The highest BCUT2D eigenvalue weighted by Gasteiger charge is 2.04. The molecule has 0 fully saturated rings. The average molecular weight is 270 g/mol. The molecule has 0 saturated heterocycles. The zero-order chi connectivity index (χ0) is 10.7. The number of methoxy groups -OCH3 is 1. The van der Waals surface area contributed by atoms with Crippen LogP contribution >= 0.6 is 15.9 Å². The number of halogens is 1. The third-order valence-corrected chi connectivity index (χ3v) is 2.65. The van der Waals surface area contributed by atoms with Gasteiger partial charge in [0.2, 0.25) is 0 Å². The molecule has 2 rings (SSSR count). The summed E-state index contributed by atoms with van der Waals surface area (Å²) in [7, 11) is 1.71. The highest BCUT2D eigenvalue weighted by molar-refractivity contribution is 9.10. The Morgan fingerprint density at radius 2 is 2.27 bits per heavy atom. The number of fused-ring (bicyclic) bond motifs is 1. The molecule has 0 N–H and O–H groups in total. The molecule has 80 valence electrons. The lowest BCUT2D eigenvalue weighted by atomic mass is 10.3. The second-order valence-corrected chi connectivity index (χ2v) is 4.20. The van der Waals surface area contributed by atoms with E-state index in [2.05, 4.69) is 26.1 Å². The number of ether oxygens (including phenoxy) is 1. The Balaban J connectivity index is 2.23. The zero-order valence-electron chi connectivity index (χ0n) is 8.48. The number of nitrogens with zero attached hydrogens (tertiary/aromatic N) is 3. The summed E-state index contributed by atoms with van der Waals surface area (Å²) in [5, 5.41) is 8.23. The van der Waals surface area contributed by atoms with Crippen molar-refractivity contribution in [3.8, 4) is 0 Å². The van der Waals surface area contributed by atoms with Gasteiger partial charge in [0.1, 0.15) is 5.82 Å². The van der Waals surface area contributed by atoms with Crippen LogP contribution in [-0.2, 0) is 11.2 Å². The van der Waals surface area contributed by atoms with Crippen LogP contribution in [0.1, 0.15) is 12.2 Å². The van der Waals surface area contributed by atoms with Crippen LogP contribution < -0.4 is 0 Å². The molecule has 0 unspecified atom stereocenters. The van der Waals surface area contributed by atoms with Gasteiger partial charge in [0.05, 0.1) is 0 Å². The van der Waals surface area contributed by atoms with Gasteiger partial charge in [-0.15, -0.1) is 10.2 Å². The molecule has 2 aromatic heterocycles. The van der Waals surface area contributed by atoms with E-state index in [4.69, 9.17) is 4.74 Å². The molecule has 0 aliphatic heterocycles. The van der Waals surface area contributed by atoms with Crippen LogP contribution in [0.15, 0.2) is 22.8 Å². The number of hydrogen-bond donors (Lipinski definition) is 0. The van der Waals surface area contributed by atoms with Gasteiger partial charge in [0.15, 0.2) is 5.65 Å². The quantitative estimate of drug-likeness (QED) is 0.798. The van der Waals surface area contributed by atoms with Crippen LogP contribution in [0, 0.1) is 0 Å². The van der Waals surface area contributed by atoms with Gasteiger partial charge >= 0.3 is 0 Å². The lowest BCUT2D eigenvalue weighted by Crippen LogP contribution is -1.98. The Kier molecular flexibility index (Phi) is 3.33. The first-order valence-corrected chi connectivity index (χ1v) is 5.58. The van der Waals surface area contributed by atoms with Gasteiger partial charge in [-0.2, -0.15) is 0 Å². The predicted molar refractivity (Wildman–Crippen MR) is 60.9 cm³/mol. The fraction of sp³-hybridized carbons (Fsp3) is 0.400. The molecule has 5 heteroatoms. The molecular weight excluding hydrogens is 258 g/mol. The van der Waals surface area contributed by atoms with Gasteiger partial charge in [-0.25, -0.2) is 0 Å². The number of pyridine rings is 1. The summed E-state index contributed by atoms with van der Waals surface area (Å²) in [5.74, 6) is 0.975. The number of rotatable bonds is 4. The lowest BCUT2D eigenvalue weighted by molar-refractivity contribution is 0.194. The van der Waals surface area contributed by atoms with Crippen LogP contribution in [0.4, 0.5) is 0 Å². The van der Waals surface area contributed by atoms with E-state index in [1.54, 1.807) is 7.11 Å². The van der Waals surface area contributed by atoms with Gasteiger partial charge in [-0.3, -0.25) is 4.40 Å². The van der Waals surface area contributed by atoms with E-state index in [-0.39, 0.29) is 0 Å². The standard InChI is InChI=1S/C10H12BrN3O/c1-15-6-2-3-9-12-13-10-5-4-8(11)7-14(9)10/h4-5,7H,2-3,6H2,1H3. The number of aryl methyl sites for hydroxylation is 1. The lowest BCUT2D eigenvalue weighted by Gasteiger charge is -1.99. The summed E-state index contributed by atoms with van der Waals surface area (Å²) >= 11 is 3.43. The minimum Gasteiger partial charge on any atom is -0.385 e. The molecule has 0 aliphatic rings. The third kappa shape index (κ3) is 2.35. The van der Waals surface area contributed by atoms with Crippen molar-refractivity contribution >= 4 is 21.6 Å². The van der Waals surface area contributed by atoms with E-state index in [1.165, 1.54) is 0 Å². The van der Waals surface area contributed by atoms with Gasteiger partial charge in [0, 0.05) is 30.8 Å². The highest BCUT2D eigenvalue weighted by Crippen LogP contribution is 2.12. The van der Waals surface area contributed by atoms with Crippen molar-refractivity contribution in [3.63, 3.8) is 0 Å². The first-order chi connectivity index (χ1) is 7.31. The molecule has 2 heterocycles. The van der Waals surface area contributed by atoms with E-state index in [9.17, 15) is 0 Å². The smallest absolute Gasteiger partial charge is 0.160 e. The van der Waals surface area contributed by atoms with Crippen LogP contribution in [0.3, 0.4) is 0 Å². The van der Waals surface area contributed by atoms with Crippen molar-refractivity contribution in [2.45, 2.75) is 12.8 Å².